The molecule has 2 aromatic heterocycles. The maximum absolute atomic E-state index is 12.9. The van der Waals surface area contributed by atoms with Gasteiger partial charge >= 0.3 is 12.1 Å². The third kappa shape index (κ3) is 6.04. The van der Waals surface area contributed by atoms with E-state index in [2.05, 4.69) is 17.1 Å². The van der Waals surface area contributed by atoms with Gasteiger partial charge in [-0.2, -0.15) is 13.2 Å². The summed E-state index contributed by atoms with van der Waals surface area (Å²) in [5.41, 5.74) is 0.956. The Morgan fingerprint density at radius 1 is 1.32 bits per heavy atom. The predicted octanol–water partition coefficient (Wildman–Crippen LogP) is 3.42. The molecule has 0 aliphatic carbocycles. The van der Waals surface area contributed by atoms with Crippen LogP contribution in [0.15, 0.2) is 28.9 Å². The minimum Gasteiger partial charge on any atom is -0.475 e. The number of halogens is 3. The lowest BCUT2D eigenvalue weighted by Gasteiger charge is -2.52. The first-order valence-corrected chi connectivity index (χ1v) is 10.8. The van der Waals surface area contributed by atoms with Gasteiger partial charge in [0.1, 0.15) is 23.0 Å². The molecule has 1 spiro atoms. The standard InChI is InChI=1S/C20H25N3O4.C2HF3O2/c1-3-6-16-18(14(2)22-27-16)19(24)23-12-20(13-23)11-15(8-10-25-20)26-17-7-4-5-9-21-17;3-2(4,5)1(6)7/h4-5,7,9,15H,3,6,8,10-13H2,1-2H3;(H,6,7). The van der Waals surface area contributed by atoms with Crippen LogP contribution in [0.2, 0.25) is 0 Å². The van der Waals surface area contributed by atoms with Crippen molar-refractivity contribution in [1.29, 1.82) is 0 Å². The third-order valence-electron chi connectivity index (χ3n) is 5.49. The van der Waals surface area contributed by atoms with E-state index in [0.29, 0.717) is 42.6 Å². The van der Waals surface area contributed by atoms with Gasteiger partial charge in [0.05, 0.1) is 25.4 Å². The van der Waals surface area contributed by atoms with Crippen molar-refractivity contribution in [1.82, 2.24) is 15.0 Å². The van der Waals surface area contributed by atoms with E-state index in [4.69, 9.17) is 23.9 Å². The van der Waals surface area contributed by atoms with E-state index in [0.717, 1.165) is 25.7 Å². The van der Waals surface area contributed by atoms with Crippen molar-refractivity contribution in [2.75, 3.05) is 19.7 Å². The van der Waals surface area contributed by atoms with E-state index < -0.39 is 12.1 Å². The molecule has 2 fully saturated rings. The van der Waals surface area contributed by atoms with Gasteiger partial charge < -0.3 is 24.0 Å². The van der Waals surface area contributed by atoms with Crippen molar-refractivity contribution in [3.8, 4) is 5.88 Å². The smallest absolute Gasteiger partial charge is 0.475 e. The highest BCUT2D eigenvalue weighted by Crippen LogP contribution is 2.37. The molecule has 0 bridgehead atoms. The first-order chi connectivity index (χ1) is 16.0. The zero-order valence-electron chi connectivity index (χ0n) is 18.8. The number of pyridine rings is 1. The minimum atomic E-state index is -5.08. The fourth-order valence-corrected chi connectivity index (χ4v) is 3.93. The van der Waals surface area contributed by atoms with Gasteiger partial charge in [-0.3, -0.25) is 4.79 Å². The molecule has 1 unspecified atom stereocenters. The number of carboxylic acids is 1. The van der Waals surface area contributed by atoms with Crippen LogP contribution in [0.5, 0.6) is 5.88 Å². The molecule has 2 aromatic rings. The molecule has 9 nitrogen and oxygen atoms in total. The molecule has 34 heavy (non-hydrogen) atoms. The summed E-state index contributed by atoms with van der Waals surface area (Å²) in [6.45, 7) is 5.66. The number of nitrogens with zero attached hydrogens (tertiary/aromatic N) is 3. The summed E-state index contributed by atoms with van der Waals surface area (Å²) in [6.07, 6.45) is -0.0797. The summed E-state index contributed by atoms with van der Waals surface area (Å²) in [6, 6.07) is 5.65. The van der Waals surface area contributed by atoms with Crippen LogP contribution in [0.1, 0.15) is 48.0 Å². The number of ether oxygens (including phenoxy) is 2. The lowest BCUT2D eigenvalue weighted by molar-refractivity contribution is -0.192. The summed E-state index contributed by atoms with van der Waals surface area (Å²) in [4.78, 5) is 27.9. The number of amides is 1. The van der Waals surface area contributed by atoms with E-state index in [1.54, 1.807) is 6.20 Å². The number of likely N-dealkylation sites (tertiary alicyclic amines) is 1. The summed E-state index contributed by atoms with van der Waals surface area (Å²) in [5, 5.41) is 11.1. The number of aromatic nitrogens is 2. The molecule has 0 saturated carbocycles. The number of hydrogen-bond acceptors (Lipinski definition) is 7. The first kappa shape index (κ1) is 25.5. The van der Waals surface area contributed by atoms with Crippen LogP contribution in [0.3, 0.4) is 0 Å². The number of rotatable bonds is 5. The quantitative estimate of drug-likeness (QED) is 0.685. The Morgan fingerprint density at radius 2 is 2.03 bits per heavy atom. The summed E-state index contributed by atoms with van der Waals surface area (Å²) in [7, 11) is 0. The molecule has 1 atom stereocenters. The Kier molecular flexibility index (Phi) is 7.80. The average Bonchev–Trinajstić information content (AvgIpc) is 3.12. The number of aryl methyl sites for hydroxylation is 2. The number of alkyl halides is 3. The average molecular weight is 485 g/mol. The fraction of sp³-hybridized carbons (Fsp3) is 0.545. The van der Waals surface area contributed by atoms with E-state index in [-0.39, 0.29) is 17.6 Å². The van der Waals surface area contributed by atoms with Crippen LogP contribution in [-0.2, 0) is 16.0 Å². The monoisotopic (exact) mass is 485 g/mol. The number of carbonyl (C=O) groups is 2. The predicted molar refractivity (Wildman–Crippen MR) is 111 cm³/mol. The molecule has 1 amide bonds. The molecule has 2 aliphatic heterocycles. The maximum Gasteiger partial charge on any atom is 0.490 e. The van der Waals surface area contributed by atoms with Crippen molar-refractivity contribution >= 4 is 11.9 Å². The van der Waals surface area contributed by atoms with Crippen molar-refractivity contribution < 1.29 is 41.9 Å². The highest BCUT2D eigenvalue weighted by atomic mass is 19.4. The molecule has 2 aliphatic rings. The lowest BCUT2D eigenvalue weighted by Crippen LogP contribution is -2.67. The second-order valence-electron chi connectivity index (χ2n) is 8.21. The molecular formula is C22H26F3N3O6. The van der Waals surface area contributed by atoms with E-state index in [9.17, 15) is 18.0 Å². The second kappa shape index (κ2) is 10.4. The molecule has 186 valence electrons. The van der Waals surface area contributed by atoms with Crippen LogP contribution in [0.4, 0.5) is 13.2 Å². The lowest BCUT2D eigenvalue weighted by atomic mass is 9.84. The van der Waals surface area contributed by atoms with Gasteiger partial charge in [-0.1, -0.05) is 18.1 Å². The molecular weight excluding hydrogens is 459 g/mol. The highest BCUT2D eigenvalue weighted by molar-refractivity contribution is 5.96. The topological polar surface area (TPSA) is 115 Å². The Morgan fingerprint density at radius 3 is 2.62 bits per heavy atom. The number of carbonyl (C=O) groups excluding carboxylic acids is 1. The second-order valence-corrected chi connectivity index (χ2v) is 8.21. The van der Waals surface area contributed by atoms with Crippen LogP contribution in [0.25, 0.3) is 0 Å². The molecule has 0 radical (unpaired) electrons. The Bertz CT molecular complexity index is 990. The summed E-state index contributed by atoms with van der Waals surface area (Å²) < 4.78 is 49.1. The molecule has 4 rings (SSSR count). The van der Waals surface area contributed by atoms with Crippen LogP contribution in [-0.4, -0.2) is 69.6 Å². The van der Waals surface area contributed by atoms with E-state index in [1.165, 1.54) is 0 Å². The fourth-order valence-electron chi connectivity index (χ4n) is 3.93. The van der Waals surface area contributed by atoms with Crippen molar-refractivity contribution in [3.05, 3.63) is 41.4 Å². The van der Waals surface area contributed by atoms with Crippen molar-refractivity contribution in [2.24, 2.45) is 0 Å². The highest BCUT2D eigenvalue weighted by Gasteiger charge is 2.50. The summed E-state index contributed by atoms with van der Waals surface area (Å²) in [5.74, 6) is -1.45. The van der Waals surface area contributed by atoms with Gasteiger partial charge in [0.25, 0.3) is 5.91 Å². The van der Waals surface area contributed by atoms with E-state index >= 15 is 0 Å². The minimum absolute atomic E-state index is 0.0146. The Balaban J connectivity index is 0.000000406. The largest absolute Gasteiger partial charge is 0.490 e. The normalized spacial score (nSPS) is 19.1. The van der Waals surface area contributed by atoms with Crippen LogP contribution >= 0.6 is 0 Å². The first-order valence-electron chi connectivity index (χ1n) is 10.8. The maximum atomic E-state index is 12.9. The molecule has 12 heteroatoms. The van der Waals surface area contributed by atoms with Crippen LogP contribution in [0, 0.1) is 6.92 Å². The zero-order valence-corrected chi connectivity index (χ0v) is 18.8. The zero-order chi connectivity index (χ0) is 24.9. The van der Waals surface area contributed by atoms with Gasteiger partial charge in [-0.15, -0.1) is 0 Å². The Labute approximate surface area is 193 Å². The van der Waals surface area contributed by atoms with Crippen molar-refractivity contribution in [2.45, 2.75) is 57.4 Å². The molecule has 4 heterocycles. The number of carboxylic acid groups (broad SMARTS) is 1. The number of aliphatic carboxylic acids is 1. The van der Waals surface area contributed by atoms with Crippen molar-refractivity contribution in [3.63, 3.8) is 0 Å². The molecule has 1 N–H and O–H groups in total. The van der Waals surface area contributed by atoms with Gasteiger partial charge in [-0.05, 0) is 19.4 Å². The van der Waals surface area contributed by atoms with Gasteiger partial charge in [0.15, 0.2) is 0 Å². The SMILES string of the molecule is CCCc1onc(C)c1C(=O)N1CC2(CC(Oc3ccccn3)CCO2)C1.O=C(O)C(F)(F)F. The van der Waals surface area contributed by atoms with Gasteiger partial charge in [-0.25, -0.2) is 9.78 Å². The van der Waals surface area contributed by atoms with Crippen LogP contribution < -0.4 is 4.74 Å². The molecule has 2 saturated heterocycles. The number of hydrogen-bond donors (Lipinski definition) is 1. The summed E-state index contributed by atoms with van der Waals surface area (Å²) >= 11 is 0. The third-order valence-corrected chi connectivity index (χ3v) is 5.49. The van der Waals surface area contributed by atoms with Gasteiger partial charge in [0.2, 0.25) is 5.88 Å². The molecule has 0 aromatic carbocycles. The van der Waals surface area contributed by atoms with Gasteiger partial charge in [0, 0.05) is 31.5 Å². The Hall–Kier alpha value is -3.15. The van der Waals surface area contributed by atoms with E-state index in [1.807, 2.05) is 30.0 Å².